The highest BCUT2D eigenvalue weighted by molar-refractivity contribution is 7.52. The Morgan fingerprint density at radius 1 is 1.37 bits per heavy atom. The lowest BCUT2D eigenvalue weighted by atomic mass is 10.0. The smallest absolute Gasteiger partial charge is 0.333 e. The molecule has 19 heavy (non-hydrogen) atoms. The van der Waals surface area contributed by atoms with E-state index < -0.39 is 18.2 Å². The Bertz CT molecular complexity index is 524. The van der Waals surface area contributed by atoms with Crippen LogP contribution in [0, 0.1) is 16.0 Å². The molecule has 0 fully saturated rings. The Labute approximate surface area is 110 Å². The molecule has 0 aliphatic heterocycles. The molecule has 7 nitrogen and oxygen atoms in total. The van der Waals surface area contributed by atoms with Crippen molar-refractivity contribution in [1.29, 1.82) is 0 Å². The molecule has 0 heterocycles. The summed E-state index contributed by atoms with van der Waals surface area (Å²) in [7, 11) is -3.08. The molecule has 0 aliphatic carbocycles. The second-order valence-electron chi connectivity index (χ2n) is 4.47. The van der Waals surface area contributed by atoms with Gasteiger partial charge in [0.15, 0.2) is 5.75 Å². The number of nitrogens with zero attached hydrogens (tertiary/aromatic N) is 1. The summed E-state index contributed by atoms with van der Waals surface area (Å²) in [6, 6.07) is 3.85. The van der Waals surface area contributed by atoms with Gasteiger partial charge >= 0.3 is 13.3 Å². The lowest BCUT2D eigenvalue weighted by molar-refractivity contribution is -0.385. The molecule has 1 rings (SSSR count). The Balaban J connectivity index is 3.35. The van der Waals surface area contributed by atoms with Crippen molar-refractivity contribution in [2.24, 2.45) is 5.92 Å². The maximum Gasteiger partial charge on any atom is 0.333 e. The molecule has 8 heteroatoms. The van der Waals surface area contributed by atoms with Crippen LogP contribution in [0.25, 0.3) is 0 Å². The highest BCUT2D eigenvalue weighted by atomic mass is 31.2. The lowest BCUT2D eigenvalue weighted by Crippen LogP contribution is -2.08. The van der Waals surface area contributed by atoms with Crippen molar-refractivity contribution >= 4 is 13.3 Å². The summed E-state index contributed by atoms with van der Waals surface area (Å²) in [5.41, 5.74) is -0.924. The van der Waals surface area contributed by atoms with Crippen LogP contribution in [0.5, 0.6) is 5.75 Å². The Hall–Kier alpha value is -1.43. The first-order chi connectivity index (χ1) is 8.68. The quantitative estimate of drug-likeness (QED) is 0.489. The summed E-state index contributed by atoms with van der Waals surface area (Å²) in [5, 5.41) is 10.8. The Morgan fingerprint density at radius 2 is 1.95 bits per heavy atom. The van der Waals surface area contributed by atoms with Gasteiger partial charge in [-0.15, -0.1) is 0 Å². The second-order valence-corrected chi connectivity index (χ2v) is 6.20. The summed E-state index contributed by atoms with van der Waals surface area (Å²) >= 11 is 0. The molecule has 106 valence electrons. The van der Waals surface area contributed by atoms with Crippen LogP contribution >= 0.6 is 7.60 Å². The van der Waals surface area contributed by atoms with E-state index in [4.69, 9.17) is 4.74 Å². The van der Waals surface area contributed by atoms with Crippen molar-refractivity contribution in [3.63, 3.8) is 0 Å². The first-order valence-electron chi connectivity index (χ1n) is 5.56. The van der Waals surface area contributed by atoms with E-state index in [9.17, 15) is 24.5 Å². The third-order valence-corrected chi connectivity index (χ3v) is 4.35. The topological polar surface area (TPSA) is 110 Å². The molecule has 0 bridgehead atoms. The van der Waals surface area contributed by atoms with Gasteiger partial charge in [0.2, 0.25) is 0 Å². The number of nitro groups is 1. The molecule has 0 saturated heterocycles. The molecule has 0 saturated carbocycles. The lowest BCUT2D eigenvalue weighted by Gasteiger charge is -2.22. The van der Waals surface area contributed by atoms with Crippen LogP contribution in [0.3, 0.4) is 0 Å². The minimum absolute atomic E-state index is 0.0124. The maximum atomic E-state index is 11.5. The number of ether oxygens (including phenoxy) is 1. The molecule has 1 aromatic rings. The van der Waals surface area contributed by atoms with Gasteiger partial charge < -0.3 is 14.5 Å². The van der Waals surface area contributed by atoms with Crippen molar-refractivity contribution in [1.82, 2.24) is 0 Å². The molecule has 0 radical (unpaired) electrons. The van der Waals surface area contributed by atoms with Crippen molar-refractivity contribution in [3.05, 3.63) is 33.9 Å². The van der Waals surface area contributed by atoms with Gasteiger partial charge in [0.05, 0.1) is 17.7 Å². The van der Waals surface area contributed by atoms with Crippen molar-refractivity contribution in [2.75, 3.05) is 7.11 Å². The van der Waals surface area contributed by atoms with Crippen LogP contribution in [0.15, 0.2) is 18.2 Å². The maximum absolute atomic E-state index is 11.5. The van der Waals surface area contributed by atoms with Crippen LogP contribution in [0.2, 0.25) is 0 Å². The highest BCUT2D eigenvalue weighted by Crippen LogP contribution is 2.56. The molecule has 2 N–H and O–H groups in total. The third-order valence-electron chi connectivity index (χ3n) is 2.74. The molecular weight excluding hydrogens is 273 g/mol. The zero-order valence-corrected chi connectivity index (χ0v) is 11.7. The number of hydrogen-bond donors (Lipinski definition) is 2. The van der Waals surface area contributed by atoms with Crippen molar-refractivity contribution in [2.45, 2.75) is 19.5 Å². The molecule has 0 aliphatic rings. The second kappa shape index (κ2) is 5.69. The first-order valence-corrected chi connectivity index (χ1v) is 7.24. The molecule has 0 aromatic heterocycles. The molecule has 1 atom stereocenters. The van der Waals surface area contributed by atoms with Crippen LogP contribution < -0.4 is 4.74 Å². The summed E-state index contributed by atoms with van der Waals surface area (Å²) in [5.74, 6) is -0.325. The largest absolute Gasteiger partial charge is 0.490 e. The predicted octanol–water partition coefficient (Wildman–Crippen LogP) is 2.48. The van der Waals surface area contributed by atoms with E-state index in [1.807, 2.05) is 0 Å². The fourth-order valence-electron chi connectivity index (χ4n) is 2.00. The standard InChI is InChI=1S/C11H16NO6P/c1-7(2)11(19(15,16)17)8-4-5-9(12(13)14)10(6-8)18-3/h4-7,11H,1-3H3,(H2,15,16,17). The van der Waals surface area contributed by atoms with E-state index in [1.165, 1.54) is 25.3 Å². The molecule has 1 unspecified atom stereocenters. The summed E-state index contributed by atoms with van der Waals surface area (Å²) in [6.07, 6.45) is 0. The van der Waals surface area contributed by atoms with Crippen LogP contribution in [-0.2, 0) is 4.57 Å². The van der Waals surface area contributed by atoms with Gasteiger partial charge in [-0.1, -0.05) is 19.9 Å². The number of hydrogen-bond acceptors (Lipinski definition) is 4. The molecular formula is C11H16NO6P. The van der Waals surface area contributed by atoms with Crippen LogP contribution in [0.4, 0.5) is 5.69 Å². The summed E-state index contributed by atoms with van der Waals surface area (Å²) in [4.78, 5) is 28.9. The predicted molar refractivity (Wildman–Crippen MR) is 69.3 cm³/mol. The number of nitro benzene ring substituents is 1. The van der Waals surface area contributed by atoms with E-state index in [-0.39, 0.29) is 17.4 Å². The summed E-state index contributed by atoms with van der Waals surface area (Å²) < 4.78 is 16.4. The number of rotatable bonds is 5. The average Bonchev–Trinajstić information content (AvgIpc) is 2.25. The number of methoxy groups -OCH3 is 1. The van der Waals surface area contributed by atoms with Gasteiger partial charge in [-0.2, -0.15) is 0 Å². The first kappa shape index (κ1) is 15.6. The van der Waals surface area contributed by atoms with Gasteiger partial charge in [-0.3, -0.25) is 14.7 Å². The Kier molecular flexibility index (Phi) is 4.68. The SMILES string of the molecule is COc1cc(C(C(C)C)P(=O)(O)O)ccc1[N+](=O)[O-]. The van der Waals surface area contributed by atoms with Gasteiger partial charge in [0, 0.05) is 6.07 Å². The normalized spacial score (nSPS) is 13.4. The van der Waals surface area contributed by atoms with Crippen LogP contribution in [0.1, 0.15) is 25.1 Å². The van der Waals surface area contributed by atoms with E-state index >= 15 is 0 Å². The minimum Gasteiger partial charge on any atom is -0.490 e. The van der Waals surface area contributed by atoms with Crippen molar-refractivity contribution in [3.8, 4) is 5.75 Å². The van der Waals surface area contributed by atoms with Gasteiger partial charge in [0.1, 0.15) is 0 Å². The molecule has 0 amide bonds. The third kappa shape index (κ3) is 3.53. The van der Waals surface area contributed by atoms with Gasteiger partial charge in [-0.05, 0) is 17.5 Å². The zero-order chi connectivity index (χ0) is 14.8. The fourth-order valence-corrected chi connectivity index (χ4v) is 3.32. The zero-order valence-electron chi connectivity index (χ0n) is 10.8. The number of benzene rings is 1. The fraction of sp³-hybridized carbons (Fsp3) is 0.455. The van der Waals surface area contributed by atoms with E-state index in [0.717, 1.165) is 0 Å². The van der Waals surface area contributed by atoms with E-state index in [0.29, 0.717) is 5.56 Å². The van der Waals surface area contributed by atoms with E-state index in [2.05, 4.69) is 0 Å². The van der Waals surface area contributed by atoms with E-state index in [1.54, 1.807) is 13.8 Å². The van der Waals surface area contributed by atoms with Crippen LogP contribution in [-0.4, -0.2) is 21.8 Å². The monoisotopic (exact) mass is 289 g/mol. The Morgan fingerprint density at radius 3 is 2.32 bits per heavy atom. The molecule has 0 spiro atoms. The van der Waals surface area contributed by atoms with Crippen molar-refractivity contribution < 1.29 is 24.0 Å². The average molecular weight is 289 g/mol. The molecule has 1 aromatic carbocycles. The van der Waals surface area contributed by atoms with Gasteiger partial charge in [0.25, 0.3) is 0 Å². The summed E-state index contributed by atoms with van der Waals surface area (Å²) in [6.45, 7) is 3.36. The van der Waals surface area contributed by atoms with Gasteiger partial charge in [-0.25, -0.2) is 0 Å². The minimum atomic E-state index is -4.35. The highest BCUT2D eigenvalue weighted by Gasteiger charge is 2.34.